The van der Waals surface area contributed by atoms with Crippen molar-refractivity contribution in [1.29, 1.82) is 0 Å². The molecule has 1 N–H and O–H groups in total. The van der Waals surface area contributed by atoms with E-state index in [0.29, 0.717) is 17.9 Å². The molecule has 3 nitrogen and oxygen atoms in total. The summed E-state index contributed by atoms with van der Waals surface area (Å²) in [4.78, 5) is 14.7. The highest BCUT2D eigenvalue weighted by molar-refractivity contribution is 5.85. The average Bonchev–Trinajstić information content (AvgIpc) is 3.34. The number of carbonyl (C=O) groups is 1. The zero-order chi connectivity index (χ0) is 14.1. The summed E-state index contributed by atoms with van der Waals surface area (Å²) in [5.41, 5.74) is 0. The lowest BCUT2D eigenvalue weighted by atomic mass is 9.84. The van der Waals surface area contributed by atoms with E-state index in [1.807, 2.05) is 0 Å². The number of nitrogens with one attached hydrogen (secondary N) is 1. The third-order valence-corrected chi connectivity index (χ3v) is 5.74. The molecule has 3 aliphatic rings. The molecule has 0 aromatic heterocycles. The van der Waals surface area contributed by atoms with Crippen LogP contribution in [0, 0.1) is 23.7 Å². The van der Waals surface area contributed by atoms with Gasteiger partial charge in [0.15, 0.2) is 0 Å². The minimum atomic E-state index is 0. The van der Waals surface area contributed by atoms with Crippen LogP contribution in [0.15, 0.2) is 0 Å². The van der Waals surface area contributed by atoms with Gasteiger partial charge in [0.25, 0.3) is 0 Å². The van der Waals surface area contributed by atoms with Crippen molar-refractivity contribution in [3.8, 4) is 0 Å². The number of hydrogen-bond acceptors (Lipinski definition) is 2. The number of halogens is 1. The predicted octanol–water partition coefficient (Wildman–Crippen LogP) is 3.08. The Morgan fingerprint density at radius 2 is 1.57 bits per heavy atom. The van der Waals surface area contributed by atoms with Crippen LogP contribution >= 0.6 is 12.4 Å². The molecule has 1 atom stereocenters. The fraction of sp³-hybridized carbons (Fsp3) is 0.941. The number of nitrogens with zero attached hydrogens (tertiary/aromatic N) is 1. The topological polar surface area (TPSA) is 32.3 Å². The Morgan fingerprint density at radius 1 is 1.05 bits per heavy atom. The molecule has 1 saturated heterocycles. The Balaban J connectivity index is 0.00000161. The van der Waals surface area contributed by atoms with Crippen molar-refractivity contribution in [3.05, 3.63) is 0 Å². The molecule has 122 valence electrons. The second kappa shape index (κ2) is 7.32. The van der Waals surface area contributed by atoms with E-state index >= 15 is 0 Å². The van der Waals surface area contributed by atoms with Crippen molar-refractivity contribution < 1.29 is 4.79 Å². The maximum atomic E-state index is 12.6. The molecule has 4 heteroatoms. The van der Waals surface area contributed by atoms with Gasteiger partial charge in [-0.05, 0) is 75.3 Å². The number of amides is 1. The number of hydrogen-bond donors (Lipinski definition) is 1. The van der Waals surface area contributed by atoms with Crippen LogP contribution in [-0.2, 0) is 4.79 Å². The van der Waals surface area contributed by atoms with Crippen molar-refractivity contribution in [1.82, 2.24) is 10.2 Å². The van der Waals surface area contributed by atoms with E-state index in [9.17, 15) is 4.79 Å². The van der Waals surface area contributed by atoms with Crippen LogP contribution in [0.25, 0.3) is 0 Å². The summed E-state index contributed by atoms with van der Waals surface area (Å²) in [5, 5.41) is 3.41. The Bertz CT molecular complexity index is 337. The van der Waals surface area contributed by atoms with E-state index in [0.717, 1.165) is 37.3 Å². The van der Waals surface area contributed by atoms with Gasteiger partial charge in [0.2, 0.25) is 5.91 Å². The Morgan fingerprint density at radius 3 is 2.05 bits per heavy atom. The highest BCUT2D eigenvalue weighted by Crippen LogP contribution is 2.47. The van der Waals surface area contributed by atoms with Crippen LogP contribution in [0.2, 0.25) is 0 Å². The lowest BCUT2D eigenvalue weighted by Gasteiger charge is -2.32. The molecule has 1 aliphatic heterocycles. The first-order valence-electron chi connectivity index (χ1n) is 8.63. The first kappa shape index (κ1) is 17.1. The molecular weight excluding hydrogens is 284 g/mol. The Labute approximate surface area is 135 Å². The molecule has 0 spiro atoms. The molecule has 0 radical (unpaired) electrons. The van der Waals surface area contributed by atoms with Crippen LogP contribution in [0.3, 0.4) is 0 Å². The van der Waals surface area contributed by atoms with Crippen LogP contribution < -0.4 is 5.32 Å². The molecule has 1 heterocycles. The van der Waals surface area contributed by atoms with Crippen molar-refractivity contribution in [2.24, 2.45) is 23.7 Å². The van der Waals surface area contributed by atoms with Gasteiger partial charge in [-0.25, -0.2) is 0 Å². The van der Waals surface area contributed by atoms with Gasteiger partial charge < -0.3 is 10.2 Å². The highest BCUT2D eigenvalue weighted by atomic mass is 35.5. The molecule has 2 saturated carbocycles. The molecule has 21 heavy (non-hydrogen) atoms. The molecule has 3 fully saturated rings. The fourth-order valence-corrected chi connectivity index (χ4v) is 4.06. The fourth-order valence-electron chi connectivity index (χ4n) is 4.06. The quantitative estimate of drug-likeness (QED) is 0.817. The van der Waals surface area contributed by atoms with Gasteiger partial charge in [-0.3, -0.25) is 4.79 Å². The second-order valence-corrected chi connectivity index (χ2v) is 7.44. The molecule has 1 unspecified atom stereocenters. The van der Waals surface area contributed by atoms with Crippen LogP contribution in [0.5, 0.6) is 0 Å². The molecule has 1 amide bonds. The first-order valence-corrected chi connectivity index (χ1v) is 8.63. The monoisotopic (exact) mass is 314 g/mol. The van der Waals surface area contributed by atoms with Crippen molar-refractivity contribution >= 4 is 18.3 Å². The van der Waals surface area contributed by atoms with Gasteiger partial charge >= 0.3 is 0 Å². The normalized spacial score (nSPS) is 24.5. The summed E-state index contributed by atoms with van der Waals surface area (Å²) < 4.78 is 0. The van der Waals surface area contributed by atoms with E-state index in [1.165, 1.54) is 38.5 Å². The average molecular weight is 315 g/mol. The highest BCUT2D eigenvalue weighted by Gasteiger charge is 2.45. The van der Waals surface area contributed by atoms with Gasteiger partial charge in [-0.1, -0.05) is 6.92 Å². The van der Waals surface area contributed by atoms with Gasteiger partial charge in [-0.15, -0.1) is 12.4 Å². The molecule has 0 bridgehead atoms. The zero-order valence-electron chi connectivity index (χ0n) is 13.5. The maximum absolute atomic E-state index is 12.6. The van der Waals surface area contributed by atoms with Crippen molar-refractivity contribution in [2.75, 3.05) is 20.1 Å². The van der Waals surface area contributed by atoms with Crippen LogP contribution in [0.4, 0.5) is 0 Å². The summed E-state index contributed by atoms with van der Waals surface area (Å²) in [5.74, 6) is 3.34. The Hall–Kier alpha value is -0.280. The van der Waals surface area contributed by atoms with Gasteiger partial charge in [0, 0.05) is 19.5 Å². The maximum Gasteiger partial charge on any atom is 0.222 e. The lowest BCUT2D eigenvalue weighted by molar-refractivity contribution is -0.134. The Kier molecular flexibility index (Phi) is 5.96. The number of piperidine rings is 1. The smallest absolute Gasteiger partial charge is 0.222 e. The van der Waals surface area contributed by atoms with Crippen LogP contribution in [0.1, 0.15) is 51.9 Å². The van der Waals surface area contributed by atoms with E-state index < -0.39 is 0 Å². The second-order valence-electron chi connectivity index (χ2n) is 7.44. The van der Waals surface area contributed by atoms with E-state index in [1.54, 1.807) is 0 Å². The summed E-state index contributed by atoms with van der Waals surface area (Å²) >= 11 is 0. The van der Waals surface area contributed by atoms with Gasteiger partial charge in [0.1, 0.15) is 0 Å². The summed E-state index contributed by atoms with van der Waals surface area (Å²) in [7, 11) is 2.07. The minimum Gasteiger partial charge on any atom is -0.342 e. The van der Waals surface area contributed by atoms with Crippen molar-refractivity contribution in [2.45, 2.75) is 57.9 Å². The zero-order valence-corrected chi connectivity index (χ0v) is 14.3. The summed E-state index contributed by atoms with van der Waals surface area (Å²) in [6, 6.07) is 0.572. The first-order chi connectivity index (χ1) is 9.66. The molecule has 3 rings (SSSR count). The molecule has 2 aliphatic carbocycles. The van der Waals surface area contributed by atoms with E-state index in [4.69, 9.17) is 0 Å². The van der Waals surface area contributed by atoms with E-state index in [2.05, 4.69) is 24.2 Å². The minimum absolute atomic E-state index is 0. The molecule has 0 aromatic carbocycles. The SMILES string of the molecule is CC(CC(=O)N(C)C(C1CC1)C1CC1)C1CCNCC1.Cl. The largest absolute Gasteiger partial charge is 0.342 e. The summed E-state index contributed by atoms with van der Waals surface area (Å²) in [6.07, 6.45) is 8.65. The standard InChI is InChI=1S/C17H30N2O.ClH/c1-12(13-7-9-18-10-8-13)11-16(20)19(2)17(14-3-4-14)15-5-6-15;/h12-15,17-18H,3-11H2,1-2H3;1H. The molecular formula is C17H31ClN2O. The van der Waals surface area contributed by atoms with Crippen LogP contribution in [-0.4, -0.2) is 37.0 Å². The lowest BCUT2D eigenvalue weighted by Crippen LogP contribution is -2.41. The summed E-state index contributed by atoms with van der Waals surface area (Å²) in [6.45, 7) is 4.54. The van der Waals surface area contributed by atoms with Gasteiger partial charge in [0.05, 0.1) is 0 Å². The molecule has 0 aromatic rings. The third kappa shape index (κ3) is 4.35. The van der Waals surface area contributed by atoms with Gasteiger partial charge in [-0.2, -0.15) is 0 Å². The third-order valence-electron chi connectivity index (χ3n) is 5.74. The number of rotatable bonds is 6. The number of carbonyl (C=O) groups excluding carboxylic acids is 1. The van der Waals surface area contributed by atoms with E-state index in [-0.39, 0.29) is 12.4 Å². The van der Waals surface area contributed by atoms with Crippen molar-refractivity contribution in [3.63, 3.8) is 0 Å². The predicted molar refractivity (Wildman–Crippen MR) is 88.6 cm³/mol.